The van der Waals surface area contributed by atoms with Crippen LogP contribution >= 0.6 is 0 Å². The summed E-state index contributed by atoms with van der Waals surface area (Å²) in [4.78, 5) is 12.7. The van der Waals surface area contributed by atoms with Gasteiger partial charge in [-0.3, -0.25) is 4.79 Å². The Morgan fingerprint density at radius 1 is 1.35 bits per heavy atom. The molecule has 0 aliphatic heterocycles. The molecular weight excluding hydrogens is 294 g/mol. The molecule has 1 aliphatic carbocycles. The van der Waals surface area contributed by atoms with Crippen LogP contribution in [0.4, 0.5) is 5.69 Å². The number of hydrogen-bond donors (Lipinski definition) is 2. The van der Waals surface area contributed by atoms with E-state index < -0.39 is 5.41 Å². The predicted octanol–water partition coefficient (Wildman–Crippen LogP) is 2.18. The first kappa shape index (κ1) is 15.5. The van der Waals surface area contributed by atoms with Gasteiger partial charge in [0.25, 0.3) is 0 Å². The minimum atomic E-state index is -0.671. The topological polar surface area (TPSA) is 92.8 Å². The van der Waals surface area contributed by atoms with E-state index in [0.29, 0.717) is 17.3 Å². The predicted molar refractivity (Wildman–Crippen MR) is 85.4 cm³/mol. The molecule has 1 aromatic heterocycles. The molecule has 122 valence electrons. The van der Waals surface area contributed by atoms with Gasteiger partial charge >= 0.3 is 0 Å². The number of hydrogen-bond acceptors (Lipinski definition) is 5. The number of benzene rings is 1. The monoisotopic (exact) mass is 315 g/mol. The van der Waals surface area contributed by atoms with Gasteiger partial charge in [0.05, 0.1) is 12.8 Å². The fraction of sp³-hybridized carbons (Fsp3) is 0.500. The highest BCUT2D eigenvalue weighted by Gasteiger charge is 2.55. The minimum absolute atomic E-state index is 0.0172. The van der Waals surface area contributed by atoms with E-state index in [1.807, 2.05) is 18.2 Å². The number of tetrazole rings is 1. The zero-order chi connectivity index (χ0) is 16.7. The second-order valence-electron chi connectivity index (χ2n) is 6.94. The van der Waals surface area contributed by atoms with Crippen molar-refractivity contribution in [3.63, 3.8) is 0 Å². The molecule has 1 amide bonds. The van der Waals surface area contributed by atoms with Crippen molar-refractivity contribution in [1.82, 2.24) is 20.6 Å². The third kappa shape index (κ3) is 2.78. The van der Waals surface area contributed by atoms with Crippen LogP contribution in [0.3, 0.4) is 0 Å². The fourth-order valence-electron chi connectivity index (χ4n) is 2.56. The number of rotatable bonds is 4. The lowest BCUT2D eigenvalue weighted by Crippen LogP contribution is -2.29. The van der Waals surface area contributed by atoms with Crippen LogP contribution in [-0.2, 0) is 15.6 Å². The third-order valence-electron chi connectivity index (χ3n) is 4.27. The van der Waals surface area contributed by atoms with E-state index in [0.717, 1.165) is 18.4 Å². The lowest BCUT2D eigenvalue weighted by molar-refractivity contribution is -0.118. The number of ether oxygens (including phenoxy) is 1. The Morgan fingerprint density at radius 3 is 2.61 bits per heavy atom. The molecule has 0 bridgehead atoms. The molecule has 0 spiro atoms. The first-order valence-electron chi connectivity index (χ1n) is 7.61. The summed E-state index contributed by atoms with van der Waals surface area (Å²) in [5.41, 5.74) is 1.10. The Balaban J connectivity index is 1.89. The van der Waals surface area contributed by atoms with E-state index in [1.54, 1.807) is 7.11 Å². The number of H-pyrrole nitrogens is 1. The molecular formula is C16H21N5O2. The quantitative estimate of drug-likeness (QED) is 0.902. The first-order valence-corrected chi connectivity index (χ1v) is 7.61. The number of methoxy groups -OCH3 is 1. The maximum absolute atomic E-state index is 12.7. The van der Waals surface area contributed by atoms with Gasteiger partial charge in [-0.1, -0.05) is 32.1 Å². The molecule has 0 atom stereocenters. The molecule has 3 rings (SSSR count). The molecule has 0 radical (unpaired) electrons. The molecule has 7 heteroatoms. The van der Waals surface area contributed by atoms with E-state index in [1.165, 1.54) is 0 Å². The van der Waals surface area contributed by atoms with Crippen molar-refractivity contribution in [2.45, 2.75) is 44.4 Å². The summed E-state index contributed by atoms with van der Waals surface area (Å²) >= 11 is 0. The summed E-state index contributed by atoms with van der Waals surface area (Å²) in [5.74, 6) is 0.958. The van der Waals surface area contributed by atoms with Crippen molar-refractivity contribution < 1.29 is 9.53 Å². The van der Waals surface area contributed by atoms with Gasteiger partial charge in [-0.25, -0.2) is 0 Å². The summed E-state index contributed by atoms with van der Waals surface area (Å²) in [6.45, 7) is 6.38. The minimum Gasteiger partial charge on any atom is -0.495 e. The number of anilines is 1. The van der Waals surface area contributed by atoms with Gasteiger partial charge in [0.2, 0.25) is 5.91 Å². The van der Waals surface area contributed by atoms with Crippen LogP contribution in [0.5, 0.6) is 5.75 Å². The summed E-state index contributed by atoms with van der Waals surface area (Å²) in [5, 5.41) is 16.9. The zero-order valence-corrected chi connectivity index (χ0v) is 13.8. The van der Waals surface area contributed by atoms with E-state index in [4.69, 9.17) is 4.74 Å². The second kappa shape index (κ2) is 5.33. The smallest absolute Gasteiger partial charge is 0.238 e. The van der Waals surface area contributed by atoms with E-state index in [2.05, 4.69) is 46.7 Å². The first-order chi connectivity index (χ1) is 10.9. The maximum Gasteiger partial charge on any atom is 0.238 e. The van der Waals surface area contributed by atoms with Gasteiger partial charge in [-0.2, -0.15) is 5.21 Å². The number of nitrogens with one attached hydrogen (secondary N) is 2. The van der Waals surface area contributed by atoms with Gasteiger partial charge in [0.15, 0.2) is 5.82 Å². The number of carbonyl (C=O) groups excluding carboxylic acids is 1. The zero-order valence-electron chi connectivity index (χ0n) is 13.8. The van der Waals surface area contributed by atoms with Gasteiger partial charge in [-0.15, -0.1) is 10.2 Å². The van der Waals surface area contributed by atoms with Gasteiger partial charge in [-0.05, 0) is 36.0 Å². The highest BCUT2D eigenvalue weighted by Crippen LogP contribution is 2.47. The van der Waals surface area contributed by atoms with Gasteiger partial charge in [0.1, 0.15) is 11.2 Å². The molecule has 23 heavy (non-hydrogen) atoms. The highest BCUT2D eigenvalue weighted by atomic mass is 16.5. The van der Waals surface area contributed by atoms with Gasteiger partial charge < -0.3 is 10.1 Å². The van der Waals surface area contributed by atoms with Crippen molar-refractivity contribution in [3.8, 4) is 5.75 Å². The Kier molecular flexibility index (Phi) is 3.58. The van der Waals surface area contributed by atoms with Crippen LogP contribution in [0.2, 0.25) is 0 Å². The Labute approximate surface area is 134 Å². The molecule has 7 nitrogen and oxygen atoms in total. The molecule has 1 aromatic carbocycles. The second-order valence-corrected chi connectivity index (χ2v) is 6.94. The Bertz CT molecular complexity index is 715. The molecule has 0 unspecified atom stereocenters. The van der Waals surface area contributed by atoms with Crippen LogP contribution in [0.25, 0.3) is 0 Å². The summed E-state index contributed by atoms with van der Waals surface area (Å²) in [6, 6.07) is 5.85. The number of nitrogens with zero attached hydrogens (tertiary/aromatic N) is 3. The fourth-order valence-corrected chi connectivity index (χ4v) is 2.56. The maximum atomic E-state index is 12.7. The van der Waals surface area contributed by atoms with E-state index >= 15 is 0 Å². The molecule has 2 N–H and O–H groups in total. The van der Waals surface area contributed by atoms with Crippen molar-refractivity contribution >= 4 is 11.6 Å². The average molecular weight is 315 g/mol. The highest BCUT2D eigenvalue weighted by molar-refractivity contribution is 6.01. The van der Waals surface area contributed by atoms with Crippen molar-refractivity contribution in [2.75, 3.05) is 12.4 Å². The standard InChI is InChI=1S/C16H21N5O2/c1-15(2,3)10-5-6-12(23-4)11(9-10)17-14(22)16(7-8-16)13-18-20-21-19-13/h5-6,9H,7-8H2,1-4H3,(H,17,22)(H,18,19,20,21). The number of aromatic amines is 1. The Morgan fingerprint density at radius 2 is 2.09 bits per heavy atom. The van der Waals surface area contributed by atoms with Crippen molar-refractivity contribution in [1.29, 1.82) is 0 Å². The van der Waals surface area contributed by atoms with Crippen molar-refractivity contribution in [3.05, 3.63) is 29.6 Å². The Hall–Kier alpha value is -2.44. The SMILES string of the molecule is COc1ccc(C(C)(C)C)cc1NC(=O)C1(c2nn[nH]n2)CC1. The molecule has 1 saturated carbocycles. The van der Waals surface area contributed by atoms with Crippen LogP contribution in [-0.4, -0.2) is 33.6 Å². The van der Waals surface area contributed by atoms with Crippen molar-refractivity contribution in [2.24, 2.45) is 0 Å². The summed E-state index contributed by atoms with van der Waals surface area (Å²) in [6.07, 6.45) is 1.44. The van der Waals surface area contributed by atoms with Crippen LogP contribution in [0.15, 0.2) is 18.2 Å². The molecule has 1 fully saturated rings. The lowest BCUT2D eigenvalue weighted by atomic mass is 9.86. The van der Waals surface area contributed by atoms with E-state index in [-0.39, 0.29) is 11.3 Å². The third-order valence-corrected chi connectivity index (χ3v) is 4.27. The van der Waals surface area contributed by atoms with Gasteiger partial charge in [0, 0.05) is 0 Å². The molecule has 1 aliphatic rings. The number of carbonyl (C=O) groups is 1. The summed E-state index contributed by atoms with van der Waals surface area (Å²) in [7, 11) is 1.59. The molecule has 2 aromatic rings. The van der Waals surface area contributed by atoms with Crippen LogP contribution < -0.4 is 10.1 Å². The largest absolute Gasteiger partial charge is 0.495 e. The summed E-state index contributed by atoms with van der Waals surface area (Å²) < 4.78 is 5.37. The van der Waals surface area contributed by atoms with Crippen LogP contribution in [0, 0.1) is 0 Å². The average Bonchev–Trinajstić information content (AvgIpc) is 3.13. The normalized spacial score (nSPS) is 16.0. The molecule has 0 saturated heterocycles. The number of amides is 1. The van der Waals surface area contributed by atoms with E-state index in [9.17, 15) is 4.79 Å². The lowest BCUT2D eigenvalue weighted by Gasteiger charge is -2.22. The van der Waals surface area contributed by atoms with Crippen LogP contribution in [0.1, 0.15) is 45.0 Å². The number of aromatic nitrogens is 4. The molecule has 1 heterocycles.